The zero-order valence-corrected chi connectivity index (χ0v) is 12.7. The van der Waals surface area contributed by atoms with E-state index < -0.39 is 0 Å². The maximum absolute atomic E-state index is 13.4. The molecule has 2 rings (SSSR count). The van der Waals surface area contributed by atoms with Crippen molar-refractivity contribution < 1.29 is 4.39 Å². The molecular formula is C16H16Cl2FN. The van der Waals surface area contributed by atoms with E-state index in [0.717, 1.165) is 22.7 Å². The summed E-state index contributed by atoms with van der Waals surface area (Å²) in [6, 6.07) is 12.2. The molecule has 0 saturated heterocycles. The molecule has 106 valence electrons. The Balaban J connectivity index is 2.30. The fourth-order valence-electron chi connectivity index (χ4n) is 2.31. The van der Waals surface area contributed by atoms with Crippen LogP contribution in [0.4, 0.5) is 4.39 Å². The van der Waals surface area contributed by atoms with Gasteiger partial charge in [0.05, 0.1) is 0 Å². The van der Waals surface area contributed by atoms with Crippen LogP contribution in [0.3, 0.4) is 0 Å². The van der Waals surface area contributed by atoms with E-state index in [9.17, 15) is 4.39 Å². The van der Waals surface area contributed by atoms with Crippen molar-refractivity contribution in [2.75, 3.05) is 13.6 Å². The molecule has 0 fully saturated rings. The van der Waals surface area contributed by atoms with Crippen molar-refractivity contribution in [3.8, 4) is 0 Å². The maximum atomic E-state index is 13.4. The van der Waals surface area contributed by atoms with Crippen molar-refractivity contribution in [2.24, 2.45) is 0 Å². The Kier molecular flexibility index (Phi) is 5.41. The highest BCUT2D eigenvalue weighted by Crippen LogP contribution is 2.29. The summed E-state index contributed by atoms with van der Waals surface area (Å²) in [6.45, 7) is 0.747. The highest BCUT2D eigenvalue weighted by atomic mass is 35.5. The van der Waals surface area contributed by atoms with Gasteiger partial charge in [-0.1, -0.05) is 41.4 Å². The lowest BCUT2D eigenvalue weighted by molar-refractivity contribution is 0.608. The largest absolute Gasteiger partial charge is 0.319 e. The van der Waals surface area contributed by atoms with E-state index in [-0.39, 0.29) is 11.7 Å². The summed E-state index contributed by atoms with van der Waals surface area (Å²) in [4.78, 5) is 0. The normalized spacial score (nSPS) is 12.4. The minimum absolute atomic E-state index is 0.146. The van der Waals surface area contributed by atoms with Gasteiger partial charge in [-0.25, -0.2) is 4.39 Å². The second kappa shape index (κ2) is 7.07. The van der Waals surface area contributed by atoms with Crippen LogP contribution >= 0.6 is 23.2 Å². The molecule has 0 aliphatic carbocycles. The number of rotatable bonds is 5. The van der Waals surface area contributed by atoms with E-state index in [1.807, 2.05) is 31.3 Å². The quantitative estimate of drug-likeness (QED) is 0.845. The first-order valence-electron chi connectivity index (χ1n) is 6.44. The SMILES string of the molecule is CNCC(Cc1cc(F)ccc1Cl)c1ccccc1Cl. The molecule has 0 heterocycles. The number of hydrogen-bond donors (Lipinski definition) is 1. The number of benzene rings is 2. The van der Waals surface area contributed by atoms with Gasteiger partial charge < -0.3 is 5.32 Å². The first-order valence-corrected chi connectivity index (χ1v) is 7.20. The van der Waals surface area contributed by atoms with Gasteiger partial charge in [-0.15, -0.1) is 0 Å². The molecule has 20 heavy (non-hydrogen) atoms. The van der Waals surface area contributed by atoms with Gasteiger partial charge >= 0.3 is 0 Å². The highest BCUT2D eigenvalue weighted by molar-refractivity contribution is 6.31. The van der Waals surface area contributed by atoms with Gasteiger partial charge in [0.1, 0.15) is 5.82 Å². The molecule has 0 aliphatic rings. The second-order valence-electron chi connectivity index (χ2n) is 4.72. The third kappa shape index (κ3) is 3.72. The number of halogens is 3. The first kappa shape index (κ1) is 15.3. The molecule has 1 nitrogen and oxygen atoms in total. The summed E-state index contributed by atoms with van der Waals surface area (Å²) < 4.78 is 13.4. The van der Waals surface area contributed by atoms with Gasteiger partial charge in [0.2, 0.25) is 0 Å². The van der Waals surface area contributed by atoms with Gasteiger partial charge in [-0.05, 0) is 48.9 Å². The highest BCUT2D eigenvalue weighted by Gasteiger charge is 2.16. The van der Waals surface area contributed by atoms with Gasteiger partial charge in [-0.2, -0.15) is 0 Å². The van der Waals surface area contributed by atoms with Crippen molar-refractivity contribution in [1.82, 2.24) is 5.32 Å². The topological polar surface area (TPSA) is 12.0 Å². The van der Waals surface area contributed by atoms with E-state index in [2.05, 4.69) is 5.32 Å². The Morgan fingerprint density at radius 2 is 1.85 bits per heavy atom. The minimum Gasteiger partial charge on any atom is -0.319 e. The van der Waals surface area contributed by atoms with E-state index in [0.29, 0.717) is 11.4 Å². The van der Waals surface area contributed by atoms with Crippen LogP contribution in [0.5, 0.6) is 0 Å². The molecule has 1 N–H and O–H groups in total. The average Bonchev–Trinajstić information content (AvgIpc) is 2.43. The molecule has 1 unspecified atom stereocenters. The molecule has 1 atom stereocenters. The van der Waals surface area contributed by atoms with E-state index in [4.69, 9.17) is 23.2 Å². The molecule has 0 aromatic heterocycles. The van der Waals surface area contributed by atoms with Crippen molar-refractivity contribution in [3.05, 3.63) is 69.5 Å². The molecule has 0 amide bonds. The van der Waals surface area contributed by atoms with Crippen LogP contribution in [0.15, 0.2) is 42.5 Å². The Labute approximate surface area is 128 Å². The smallest absolute Gasteiger partial charge is 0.123 e. The summed E-state index contributed by atoms with van der Waals surface area (Å²) in [7, 11) is 1.89. The zero-order valence-electron chi connectivity index (χ0n) is 11.2. The number of nitrogens with one attached hydrogen (secondary N) is 1. The Morgan fingerprint density at radius 1 is 1.10 bits per heavy atom. The van der Waals surface area contributed by atoms with Crippen molar-refractivity contribution in [3.63, 3.8) is 0 Å². The predicted molar refractivity (Wildman–Crippen MR) is 83.2 cm³/mol. The van der Waals surface area contributed by atoms with Crippen LogP contribution in [0.25, 0.3) is 0 Å². The second-order valence-corrected chi connectivity index (χ2v) is 5.53. The lowest BCUT2D eigenvalue weighted by Gasteiger charge is -2.19. The van der Waals surface area contributed by atoms with Crippen LogP contribution in [0.2, 0.25) is 10.0 Å². The Morgan fingerprint density at radius 3 is 2.55 bits per heavy atom. The van der Waals surface area contributed by atoms with Gasteiger partial charge in [0, 0.05) is 22.5 Å². The summed E-state index contributed by atoms with van der Waals surface area (Å²) in [5.41, 5.74) is 1.84. The molecule has 0 aliphatic heterocycles. The molecule has 2 aromatic rings. The monoisotopic (exact) mass is 311 g/mol. The van der Waals surface area contributed by atoms with Gasteiger partial charge in [0.15, 0.2) is 0 Å². The van der Waals surface area contributed by atoms with Crippen LogP contribution in [0.1, 0.15) is 17.0 Å². The fraction of sp³-hybridized carbons (Fsp3) is 0.250. The van der Waals surface area contributed by atoms with Crippen molar-refractivity contribution in [1.29, 1.82) is 0 Å². The van der Waals surface area contributed by atoms with E-state index in [1.54, 1.807) is 6.07 Å². The minimum atomic E-state index is -0.272. The lowest BCUT2D eigenvalue weighted by atomic mass is 9.91. The fourth-order valence-corrected chi connectivity index (χ4v) is 2.79. The molecule has 4 heteroatoms. The molecule has 0 bridgehead atoms. The first-order chi connectivity index (χ1) is 9.61. The van der Waals surface area contributed by atoms with Crippen LogP contribution < -0.4 is 5.32 Å². The van der Waals surface area contributed by atoms with Crippen LogP contribution in [-0.4, -0.2) is 13.6 Å². The average molecular weight is 312 g/mol. The van der Waals surface area contributed by atoms with Gasteiger partial charge in [0.25, 0.3) is 0 Å². The summed E-state index contributed by atoms with van der Waals surface area (Å²) in [5.74, 6) is -0.125. The van der Waals surface area contributed by atoms with Crippen LogP contribution in [0, 0.1) is 5.82 Å². The molecule has 0 spiro atoms. The van der Waals surface area contributed by atoms with E-state index in [1.165, 1.54) is 12.1 Å². The third-order valence-electron chi connectivity index (χ3n) is 3.27. The molecule has 0 radical (unpaired) electrons. The standard InChI is InChI=1S/C16H16Cl2FN/c1-20-10-12(14-4-2-3-5-16(14)18)8-11-9-13(19)6-7-15(11)17/h2-7,9,12,20H,8,10H2,1H3. The third-order valence-corrected chi connectivity index (χ3v) is 3.98. The molecule has 2 aromatic carbocycles. The molecule has 0 saturated carbocycles. The van der Waals surface area contributed by atoms with E-state index >= 15 is 0 Å². The number of hydrogen-bond acceptors (Lipinski definition) is 1. The van der Waals surface area contributed by atoms with Crippen molar-refractivity contribution >= 4 is 23.2 Å². The Bertz CT molecular complexity index is 586. The molecular weight excluding hydrogens is 296 g/mol. The van der Waals surface area contributed by atoms with Gasteiger partial charge in [-0.3, -0.25) is 0 Å². The lowest BCUT2D eigenvalue weighted by Crippen LogP contribution is -2.19. The summed E-state index contributed by atoms with van der Waals surface area (Å²) in [5, 5.41) is 4.46. The Hall–Kier alpha value is -1.09. The number of likely N-dealkylation sites (N-methyl/N-ethyl adjacent to an activating group) is 1. The van der Waals surface area contributed by atoms with Crippen LogP contribution in [-0.2, 0) is 6.42 Å². The van der Waals surface area contributed by atoms with Crippen molar-refractivity contribution in [2.45, 2.75) is 12.3 Å². The predicted octanol–water partition coefficient (Wildman–Crippen LogP) is 4.68. The zero-order chi connectivity index (χ0) is 14.5. The summed E-state index contributed by atoms with van der Waals surface area (Å²) in [6.07, 6.45) is 0.640. The maximum Gasteiger partial charge on any atom is 0.123 e. The summed E-state index contributed by atoms with van der Waals surface area (Å²) >= 11 is 12.4.